The third-order valence-electron chi connectivity index (χ3n) is 3.35. The van der Waals surface area contributed by atoms with Crippen molar-refractivity contribution in [2.24, 2.45) is 5.92 Å². The summed E-state index contributed by atoms with van der Waals surface area (Å²) in [4.78, 5) is 12.1. The van der Waals surface area contributed by atoms with Gasteiger partial charge in [-0.2, -0.15) is 5.10 Å². The topological polar surface area (TPSA) is 49.0 Å². The summed E-state index contributed by atoms with van der Waals surface area (Å²) in [6.45, 7) is 9.46. The number of aromatic nitrogens is 3. The van der Waals surface area contributed by atoms with Crippen LogP contribution in [0.15, 0.2) is 4.79 Å². The van der Waals surface area contributed by atoms with E-state index in [0.29, 0.717) is 12.5 Å². The summed E-state index contributed by atoms with van der Waals surface area (Å²) in [5.41, 5.74) is -0.0276. The zero-order valence-corrected chi connectivity index (χ0v) is 11.0. The SMILES string of the molecule is CCn1nc([C@H]2OCC[C@H]2C)n(C(C)C)c1=O. The van der Waals surface area contributed by atoms with E-state index in [-0.39, 0.29) is 17.8 Å². The van der Waals surface area contributed by atoms with E-state index in [4.69, 9.17) is 4.74 Å². The van der Waals surface area contributed by atoms with Crippen molar-refractivity contribution >= 4 is 0 Å². The highest BCUT2D eigenvalue weighted by molar-refractivity contribution is 4.99. The predicted octanol–water partition coefficient (Wildman–Crippen LogP) is 1.74. The molecular weight excluding hydrogens is 218 g/mol. The van der Waals surface area contributed by atoms with Gasteiger partial charge in [-0.05, 0) is 33.1 Å². The number of hydrogen-bond acceptors (Lipinski definition) is 3. The van der Waals surface area contributed by atoms with Gasteiger partial charge in [0.2, 0.25) is 0 Å². The van der Waals surface area contributed by atoms with E-state index >= 15 is 0 Å². The Labute approximate surface area is 101 Å². The van der Waals surface area contributed by atoms with Gasteiger partial charge in [0.1, 0.15) is 6.10 Å². The summed E-state index contributed by atoms with van der Waals surface area (Å²) in [6.07, 6.45) is 1.01. The number of rotatable bonds is 3. The van der Waals surface area contributed by atoms with Crippen molar-refractivity contribution < 1.29 is 4.74 Å². The lowest BCUT2D eigenvalue weighted by Crippen LogP contribution is -2.27. The van der Waals surface area contributed by atoms with Crippen LogP contribution in [0.5, 0.6) is 0 Å². The van der Waals surface area contributed by atoms with E-state index in [9.17, 15) is 4.79 Å². The zero-order valence-electron chi connectivity index (χ0n) is 11.0. The Kier molecular flexibility index (Phi) is 3.38. The van der Waals surface area contributed by atoms with E-state index in [0.717, 1.165) is 18.9 Å². The maximum atomic E-state index is 12.1. The Bertz CT molecular complexity index is 447. The van der Waals surface area contributed by atoms with Gasteiger partial charge < -0.3 is 4.74 Å². The van der Waals surface area contributed by atoms with Gasteiger partial charge in [-0.15, -0.1) is 0 Å². The Morgan fingerprint density at radius 2 is 2.24 bits per heavy atom. The second kappa shape index (κ2) is 4.64. The Morgan fingerprint density at radius 3 is 2.71 bits per heavy atom. The molecule has 5 heteroatoms. The standard InChI is InChI=1S/C12H21N3O2/c1-5-14-12(16)15(8(2)3)11(13-14)10-9(4)6-7-17-10/h8-10H,5-7H2,1-4H3/t9-,10+/m1/s1. The third-order valence-corrected chi connectivity index (χ3v) is 3.35. The minimum absolute atomic E-state index is 0.0276. The van der Waals surface area contributed by atoms with Crippen molar-refractivity contribution in [1.82, 2.24) is 14.3 Å². The van der Waals surface area contributed by atoms with Crippen molar-refractivity contribution in [2.75, 3.05) is 6.61 Å². The number of aryl methyl sites for hydroxylation is 1. The molecule has 2 rings (SSSR count). The molecule has 1 aromatic heterocycles. The fraction of sp³-hybridized carbons (Fsp3) is 0.833. The summed E-state index contributed by atoms with van der Waals surface area (Å²) in [7, 11) is 0. The molecule has 96 valence electrons. The van der Waals surface area contributed by atoms with Crippen LogP contribution in [0.3, 0.4) is 0 Å². The van der Waals surface area contributed by atoms with Crippen LogP contribution >= 0.6 is 0 Å². The maximum absolute atomic E-state index is 12.1. The van der Waals surface area contributed by atoms with Crippen LogP contribution < -0.4 is 5.69 Å². The molecule has 1 aliphatic heterocycles. The molecular formula is C12H21N3O2. The molecule has 0 radical (unpaired) electrons. The molecule has 1 fully saturated rings. The van der Waals surface area contributed by atoms with Crippen molar-refractivity contribution in [1.29, 1.82) is 0 Å². The number of hydrogen-bond donors (Lipinski definition) is 0. The molecule has 1 aliphatic rings. The largest absolute Gasteiger partial charge is 0.370 e. The highest BCUT2D eigenvalue weighted by Crippen LogP contribution is 2.33. The Morgan fingerprint density at radius 1 is 1.53 bits per heavy atom. The highest BCUT2D eigenvalue weighted by atomic mass is 16.5. The molecule has 0 amide bonds. The van der Waals surface area contributed by atoms with Crippen molar-refractivity contribution in [3.8, 4) is 0 Å². The summed E-state index contributed by atoms with van der Waals surface area (Å²) < 4.78 is 9.00. The predicted molar refractivity (Wildman–Crippen MR) is 65.0 cm³/mol. The molecule has 0 aromatic carbocycles. The lowest BCUT2D eigenvalue weighted by molar-refractivity contribution is 0.0825. The first-order valence-corrected chi connectivity index (χ1v) is 6.37. The monoisotopic (exact) mass is 239 g/mol. The van der Waals surface area contributed by atoms with Crippen LogP contribution in [0.25, 0.3) is 0 Å². The van der Waals surface area contributed by atoms with Crippen LogP contribution in [0.4, 0.5) is 0 Å². The van der Waals surface area contributed by atoms with Crippen molar-refractivity contribution in [3.63, 3.8) is 0 Å². The van der Waals surface area contributed by atoms with E-state index in [1.807, 2.05) is 20.8 Å². The molecule has 1 aromatic rings. The smallest absolute Gasteiger partial charge is 0.346 e. The van der Waals surface area contributed by atoms with Gasteiger partial charge in [-0.25, -0.2) is 9.48 Å². The van der Waals surface area contributed by atoms with Crippen LogP contribution in [0, 0.1) is 5.92 Å². The third kappa shape index (κ3) is 2.04. The average molecular weight is 239 g/mol. The number of ether oxygens (including phenoxy) is 1. The van der Waals surface area contributed by atoms with Gasteiger partial charge in [0.05, 0.1) is 0 Å². The summed E-state index contributed by atoms with van der Waals surface area (Å²) in [6, 6.07) is 0.120. The highest BCUT2D eigenvalue weighted by Gasteiger charge is 2.32. The maximum Gasteiger partial charge on any atom is 0.346 e. The van der Waals surface area contributed by atoms with Gasteiger partial charge in [0, 0.05) is 19.2 Å². The van der Waals surface area contributed by atoms with Crippen molar-refractivity contribution in [2.45, 2.75) is 52.8 Å². The van der Waals surface area contributed by atoms with Gasteiger partial charge >= 0.3 is 5.69 Å². The first kappa shape index (κ1) is 12.4. The fourth-order valence-corrected chi connectivity index (χ4v) is 2.35. The van der Waals surface area contributed by atoms with Gasteiger partial charge in [-0.3, -0.25) is 4.57 Å². The second-order valence-electron chi connectivity index (χ2n) is 4.98. The Balaban J connectivity index is 2.49. The zero-order chi connectivity index (χ0) is 12.6. The lowest BCUT2D eigenvalue weighted by atomic mass is 10.0. The second-order valence-corrected chi connectivity index (χ2v) is 4.98. The molecule has 0 bridgehead atoms. The molecule has 5 nitrogen and oxygen atoms in total. The molecule has 0 saturated carbocycles. The van der Waals surface area contributed by atoms with Gasteiger partial charge in [-0.1, -0.05) is 6.92 Å². The molecule has 0 unspecified atom stereocenters. The molecule has 0 spiro atoms. The van der Waals surface area contributed by atoms with Crippen LogP contribution in [0.1, 0.15) is 52.1 Å². The van der Waals surface area contributed by atoms with Crippen LogP contribution in [-0.4, -0.2) is 21.0 Å². The molecule has 0 aliphatic carbocycles. The van der Waals surface area contributed by atoms with E-state index < -0.39 is 0 Å². The molecule has 17 heavy (non-hydrogen) atoms. The van der Waals surface area contributed by atoms with Gasteiger partial charge in [0.15, 0.2) is 5.82 Å². The number of nitrogens with zero attached hydrogens (tertiary/aromatic N) is 3. The first-order chi connectivity index (χ1) is 8.06. The summed E-state index contributed by atoms with van der Waals surface area (Å²) in [5, 5.41) is 4.42. The lowest BCUT2D eigenvalue weighted by Gasteiger charge is -2.16. The summed E-state index contributed by atoms with van der Waals surface area (Å²) >= 11 is 0. The fourth-order valence-electron chi connectivity index (χ4n) is 2.35. The van der Waals surface area contributed by atoms with Crippen LogP contribution in [-0.2, 0) is 11.3 Å². The summed E-state index contributed by atoms with van der Waals surface area (Å²) in [5.74, 6) is 1.22. The quantitative estimate of drug-likeness (QED) is 0.807. The molecule has 2 heterocycles. The minimum atomic E-state index is -0.0297. The van der Waals surface area contributed by atoms with E-state index in [1.54, 1.807) is 4.57 Å². The van der Waals surface area contributed by atoms with Crippen molar-refractivity contribution in [3.05, 3.63) is 16.3 Å². The normalized spacial score (nSPS) is 24.8. The Hall–Kier alpha value is -1.10. The molecule has 1 saturated heterocycles. The van der Waals surface area contributed by atoms with Gasteiger partial charge in [0.25, 0.3) is 0 Å². The molecule has 2 atom stereocenters. The minimum Gasteiger partial charge on any atom is -0.370 e. The molecule has 0 N–H and O–H groups in total. The average Bonchev–Trinajstić information content (AvgIpc) is 2.81. The van der Waals surface area contributed by atoms with Crippen LogP contribution in [0.2, 0.25) is 0 Å². The first-order valence-electron chi connectivity index (χ1n) is 6.37. The van der Waals surface area contributed by atoms with E-state index in [1.165, 1.54) is 4.68 Å². The van der Waals surface area contributed by atoms with E-state index in [2.05, 4.69) is 12.0 Å².